The smallest absolute Gasteiger partial charge is 0.311 e. The number of ether oxygens (including phenoxy) is 1. The average Bonchev–Trinajstić information content (AvgIpc) is 2.98. The van der Waals surface area contributed by atoms with Crippen LogP contribution in [0.5, 0.6) is 0 Å². The number of rotatable bonds is 7. The molecule has 0 aliphatic carbocycles. The van der Waals surface area contributed by atoms with Crippen molar-refractivity contribution in [3.8, 4) is 0 Å². The zero-order valence-corrected chi connectivity index (χ0v) is 15.0. The van der Waals surface area contributed by atoms with Gasteiger partial charge in [-0.05, 0) is 31.5 Å². The second-order valence-corrected chi connectivity index (χ2v) is 8.03. The molecule has 1 saturated heterocycles. The van der Waals surface area contributed by atoms with Crippen LogP contribution in [0.15, 0.2) is 29.2 Å². The van der Waals surface area contributed by atoms with Crippen LogP contribution >= 0.6 is 0 Å². The Labute approximate surface area is 146 Å². The van der Waals surface area contributed by atoms with Crippen LogP contribution in [0.25, 0.3) is 0 Å². The van der Waals surface area contributed by atoms with Crippen molar-refractivity contribution in [1.29, 1.82) is 0 Å². The Balaban J connectivity index is 2.16. The predicted octanol–water partition coefficient (Wildman–Crippen LogP) is 0.548. The lowest BCUT2D eigenvalue weighted by Crippen LogP contribution is -2.35. The normalized spacial score (nSPS) is 20.6. The molecular formula is C16H22N2O6S. The van der Waals surface area contributed by atoms with E-state index >= 15 is 0 Å². The molecule has 25 heavy (non-hydrogen) atoms. The fraction of sp³-hybridized carbons (Fsp3) is 0.500. The van der Waals surface area contributed by atoms with Gasteiger partial charge in [0.1, 0.15) is 0 Å². The quantitative estimate of drug-likeness (QED) is 0.678. The molecule has 0 aromatic heterocycles. The lowest BCUT2D eigenvalue weighted by molar-refractivity contribution is -0.147. The number of nitrogens with zero attached hydrogens (tertiary/aromatic N) is 1. The van der Waals surface area contributed by atoms with E-state index in [9.17, 15) is 23.1 Å². The minimum Gasteiger partial charge on any atom is -0.481 e. The summed E-state index contributed by atoms with van der Waals surface area (Å²) in [5.41, 5.74) is -0.759. The molecular weight excluding hydrogens is 348 g/mol. The van der Waals surface area contributed by atoms with E-state index in [-0.39, 0.29) is 36.1 Å². The molecule has 0 radical (unpaired) electrons. The van der Waals surface area contributed by atoms with Crippen molar-refractivity contribution in [3.05, 3.63) is 29.8 Å². The van der Waals surface area contributed by atoms with E-state index in [1.165, 1.54) is 36.3 Å². The lowest BCUT2D eigenvalue weighted by atomic mass is 9.90. The van der Waals surface area contributed by atoms with Crippen LogP contribution in [0.2, 0.25) is 0 Å². The number of carbonyl (C=O) groups is 2. The predicted molar refractivity (Wildman–Crippen MR) is 89.8 cm³/mol. The molecule has 1 aliphatic heterocycles. The van der Waals surface area contributed by atoms with Crippen LogP contribution in [-0.4, -0.2) is 63.7 Å². The van der Waals surface area contributed by atoms with E-state index in [0.29, 0.717) is 13.0 Å². The summed E-state index contributed by atoms with van der Waals surface area (Å²) < 4.78 is 31.6. The highest BCUT2D eigenvalue weighted by Crippen LogP contribution is 2.31. The monoisotopic (exact) mass is 370 g/mol. The Hall–Kier alpha value is -1.97. The summed E-state index contributed by atoms with van der Waals surface area (Å²) in [5, 5.41) is 9.26. The number of hydrogen-bond acceptors (Lipinski definition) is 5. The maximum atomic E-state index is 12.6. The molecule has 2 rings (SSSR count). The standard InChI is InChI=1S/C16H22N2O6S/c1-16(15(20)21)6-8-18(11-16)14(19)12-4-3-5-13(10-12)25(22,23)17-7-9-24-2/h3-5,10,17H,6-9,11H2,1-2H3,(H,20,21). The van der Waals surface area contributed by atoms with E-state index < -0.39 is 21.4 Å². The van der Waals surface area contributed by atoms with Crippen molar-refractivity contribution in [2.75, 3.05) is 33.4 Å². The summed E-state index contributed by atoms with van der Waals surface area (Å²) in [4.78, 5) is 25.3. The first-order chi connectivity index (χ1) is 11.7. The number of sulfonamides is 1. The van der Waals surface area contributed by atoms with Crippen LogP contribution in [0, 0.1) is 5.41 Å². The first-order valence-electron chi connectivity index (χ1n) is 7.81. The van der Waals surface area contributed by atoms with Gasteiger partial charge in [-0.3, -0.25) is 9.59 Å². The fourth-order valence-corrected chi connectivity index (χ4v) is 3.71. The van der Waals surface area contributed by atoms with E-state index in [1.54, 1.807) is 6.92 Å². The molecule has 1 amide bonds. The zero-order chi connectivity index (χ0) is 18.7. The number of benzene rings is 1. The summed E-state index contributed by atoms with van der Waals surface area (Å²) >= 11 is 0. The van der Waals surface area contributed by atoms with Gasteiger partial charge < -0.3 is 14.7 Å². The van der Waals surface area contributed by atoms with Gasteiger partial charge in [-0.15, -0.1) is 0 Å². The molecule has 138 valence electrons. The van der Waals surface area contributed by atoms with Gasteiger partial charge in [0.2, 0.25) is 10.0 Å². The van der Waals surface area contributed by atoms with Crippen LogP contribution < -0.4 is 4.72 Å². The number of likely N-dealkylation sites (tertiary alicyclic amines) is 1. The lowest BCUT2D eigenvalue weighted by Gasteiger charge is -2.20. The molecule has 0 bridgehead atoms. The molecule has 1 unspecified atom stereocenters. The molecule has 1 atom stereocenters. The van der Waals surface area contributed by atoms with Crippen molar-refractivity contribution in [3.63, 3.8) is 0 Å². The molecule has 2 N–H and O–H groups in total. The molecule has 8 nitrogen and oxygen atoms in total. The van der Waals surface area contributed by atoms with Gasteiger partial charge in [-0.25, -0.2) is 13.1 Å². The van der Waals surface area contributed by atoms with Crippen LogP contribution in [0.4, 0.5) is 0 Å². The molecule has 1 aliphatic rings. The number of nitrogens with one attached hydrogen (secondary N) is 1. The molecule has 0 saturated carbocycles. The molecule has 1 heterocycles. The van der Waals surface area contributed by atoms with Gasteiger partial charge in [-0.2, -0.15) is 0 Å². The van der Waals surface area contributed by atoms with E-state index in [2.05, 4.69) is 4.72 Å². The molecule has 9 heteroatoms. The summed E-state index contributed by atoms with van der Waals surface area (Å²) in [5.74, 6) is -1.32. The molecule has 1 aromatic carbocycles. The SMILES string of the molecule is COCCNS(=O)(=O)c1cccc(C(=O)N2CCC(C)(C(=O)O)C2)c1. The highest BCUT2D eigenvalue weighted by molar-refractivity contribution is 7.89. The average molecular weight is 370 g/mol. The number of aliphatic carboxylic acids is 1. The maximum Gasteiger partial charge on any atom is 0.311 e. The van der Waals surface area contributed by atoms with Crippen LogP contribution in [0.3, 0.4) is 0 Å². The van der Waals surface area contributed by atoms with Gasteiger partial charge in [0, 0.05) is 32.3 Å². The molecule has 0 spiro atoms. The van der Waals surface area contributed by atoms with Crippen LogP contribution in [-0.2, 0) is 19.6 Å². The van der Waals surface area contributed by atoms with Gasteiger partial charge in [0.15, 0.2) is 0 Å². The summed E-state index contributed by atoms with van der Waals surface area (Å²) in [6, 6.07) is 5.71. The highest BCUT2D eigenvalue weighted by Gasteiger charge is 2.42. The Morgan fingerprint density at radius 1 is 1.40 bits per heavy atom. The number of carboxylic acid groups (broad SMARTS) is 1. The third-order valence-corrected chi connectivity index (χ3v) is 5.73. The fourth-order valence-electron chi connectivity index (χ4n) is 2.65. The summed E-state index contributed by atoms with van der Waals surface area (Å²) in [7, 11) is -2.28. The number of carboxylic acids is 1. The maximum absolute atomic E-state index is 12.6. The van der Waals surface area contributed by atoms with E-state index in [1.807, 2.05) is 0 Å². The summed E-state index contributed by atoms with van der Waals surface area (Å²) in [6.07, 6.45) is 0.366. The third kappa shape index (κ3) is 4.36. The highest BCUT2D eigenvalue weighted by atomic mass is 32.2. The topological polar surface area (TPSA) is 113 Å². The van der Waals surface area contributed by atoms with Crippen molar-refractivity contribution in [1.82, 2.24) is 9.62 Å². The minimum absolute atomic E-state index is 0.0188. The Morgan fingerprint density at radius 2 is 2.12 bits per heavy atom. The second-order valence-electron chi connectivity index (χ2n) is 6.26. The second kappa shape index (κ2) is 7.51. The van der Waals surface area contributed by atoms with Gasteiger partial charge >= 0.3 is 5.97 Å². The number of methoxy groups -OCH3 is 1. The van der Waals surface area contributed by atoms with Gasteiger partial charge in [-0.1, -0.05) is 6.07 Å². The van der Waals surface area contributed by atoms with Crippen molar-refractivity contribution >= 4 is 21.9 Å². The van der Waals surface area contributed by atoms with Crippen molar-refractivity contribution in [2.45, 2.75) is 18.2 Å². The number of hydrogen-bond donors (Lipinski definition) is 2. The van der Waals surface area contributed by atoms with Gasteiger partial charge in [0.25, 0.3) is 5.91 Å². The first kappa shape index (κ1) is 19.4. The van der Waals surface area contributed by atoms with E-state index in [4.69, 9.17) is 4.74 Å². The van der Waals surface area contributed by atoms with Crippen molar-refractivity contribution in [2.24, 2.45) is 5.41 Å². The van der Waals surface area contributed by atoms with E-state index in [0.717, 1.165) is 0 Å². The van der Waals surface area contributed by atoms with Crippen LogP contribution in [0.1, 0.15) is 23.7 Å². The Bertz CT molecular complexity index is 764. The minimum atomic E-state index is -3.74. The van der Waals surface area contributed by atoms with Crippen molar-refractivity contribution < 1.29 is 27.9 Å². The largest absolute Gasteiger partial charge is 0.481 e. The molecule has 1 aromatic rings. The number of amides is 1. The zero-order valence-electron chi connectivity index (χ0n) is 14.2. The summed E-state index contributed by atoms with van der Waals surface area (Å²) in [6.45, 7) is 2.39. The molecule has 1 fully saturated rings. The van der Waals surface area contributed by atoms with Gasteiger partial charge in [0.05, 0.1) is 16.9 Å². The Kier molecular flexibility index (Phi) is 5.81. The number of carbonyl (C=O) groups excluding carboxylic acids is 1. The third-order valence-electron chi connectivity index (χ3n) is 4.27. The Morgan fingerprint density at radius 3 is 2.72 bits per heavy atom. The first-order valence-corrected chi connectivity index (χ1v) is 9.29.